The van der Waals surface area contributed by atoms with E-state index in [4.69, 9.17) is 0 Å². The smallest absolute Gasteiger partial charge is 0.134 e. The van der Waals surface area contributed by atoms with E-state index in [0.29, 0.717) is 0 Å². The van der Waals surface area contributed by atoms with Gasteiger partial charge in [0, 0.05) is 35.4 Å². The molecule has 2 saturated heterocycles. The number of aromatic nitrogens is 1. The molecule has 0 amide bonds. The molecule has 0 atom stereocenters. The summed E-state index contributed by atoms with van der Waals surface area (Å²) in [6.45, 7) is 4.70. The highest BCUT2D eigenvalue weighted by molar-refractivity contribution is 9.10. The van der Waals surface area contributed by atoms with Gasteiger partial charge in [-0.15, -0.1) is 0 Å². The first-order valence-corrected chi connectivity index (χ1v) is 8.81. The minimum Gasteiger partial charge on any atom is -0.392 e. The van der Waals surface area contributed by atoms with Gasteiger partial charge in [0.25, 0.3) is 0 Å². The average Bonchev–Trinajstić information content (AvgIpc) is 2.56. The normalized spacial score (nSPS) is 21.7. The Morgan fingerprint density at radius 3 is 2.52 bits per heavy atom. The van der Waals surface area contributed by atoms with Crippen molar-refractivity contribution >= 4 is 21.7 Å². The number of hydrogen-bond acceptors (Lipinski definition) is 4. The number of aliphatic hydroxyl groups is 1. The Bertz CT molecular complexity index is 469. The molecule has 0 bridgehead atoms. The molecular formula is C16H24BrN3O. The number of nitrogens with zero attached hydrogens (tertiary/aromatic N) is 3. The number of anilines is 1. The zero-order valence-corrected chi connectivity index (χ0v) is 14.1. The molecule has 0 aromatic carbocycles. The molecular weight excluding hydrogens is 330 g/mol. The molecule has 2 aliphatic heterocycles. The lowest BCUT2D eigenvalue weighted by molar-refractivity contribution is 0.141. The summed E-state index contributed by atoms with van der Waals surface area (Å²) in [5.74, 6) is 0.956. The number of piperidine rings is 2. The highest BCUT2D eigenvalue weighted by Crippen LogP contribution is 2.27. The minimum atomic E-state index is 0.0494. The summed E-state index contributed by atoms with van der Waals surface area (Å²) in [7, 11) is 0. The summed E-state index contributed by atoms with van der Waals surface area (Å²) < 4.78 is 0.929. The van der Waals surface area contributed by atoms with Crippen LogP contribution in [0, 0.1) is 0 Å². The largest absolute Gasteiger partial charge is 0.392 e. The Hall–Kier alpha value is -0.650. The summed E-state index contributed by atoms with van der Waals surface area (Å²) in [6, 6.07) is 2.72. The molecule has 0 spiro atoms. The van der Waals surface area contributed by atoms with E-state index in [-0.39, 0.29) is 6.61 Å². The third-order valence-electron chi connectivity index (χ3n) is 4.75. The predicted molar refractivity (Wildman–Crippen MR) is 88.5 cm³/mol. The van der Waals surface area contributed by atoms with Crippen molar-refractivity contribution < 1.29 is 5.11 Å². The van der Waals surface area contributed by atoms with Crippen LogP contribution in [0.3, 0.4) is 0 Å². The van der Waals surface area contributed by atoms with Crippen molar-refractivity contribution in [1.29, 1.82) is 0 Å². The second kappa shape index (κ2) is 7.07. The Kier molecular flexibility index (Phi) is 5.14. The number of halogens is 1. The molecule has 3 rings (SSSR count). The van der Waals surface area contributed by atoms with Crippen LogP contribution < -0.4 is 4.90 Å². The maximum atomic E-state index is 9.53. The Balaban J connectivity index is 1.62. The predicted octanol–water partition coefficient (Wildman–Crippen LogP) is 2.79. The molecule has 0 saturated carbocycles. The maximum absolute atomic E-state index is 9.53. The molecule has 2 aliphatic rings. The van der Waals surface area contributed by atoms with Crippen LogP contribution in [0.2, 0.25) is 0 Å². The van der Waals surface area contributed by atoms with E-state index >= 15 is 0 Å². The van der Waals surface area contributed by atoms with Gasteiger partial charge >= 0.3 is 0 Å². The number of aliphatic hydroxyl groups excluding tert-OH is 1. The van der Waals surface area contributed by atoms with Gasteiger partial charge in [0.1, 0.15) is 5.82 Å². The summed E-state index contributed by atoms with van der Waals surface area (Å²) in [4.78, 5) is 9.53. The zero-order chi connectivity index (χ0) is 14.7. The van der Waals surface area contributed by atoms with Crippen molar-refractivity contribution in [2.45, 2.75) is 44.8 Å². The summed E-state index contributed by atoms with van der Waals surface area (Å²) in [6.07, 6.45) is 8.38. The first-order chi connectivity index (χ1) is 10.3. The van der Waals surface area contributed by atoms with Crippen molar-refractivity contribution in [1.82, 2.24) is 9.88 Å². The average molecular weight is 354 g/mol. The molecule has 1 aromatic rings. The fourth-order valence-electron chi connectivity index (χ4n) is 3.60. The Morgan fingerprint density at radius 1 is 1.14 bits per heavy atom. The molecule has 0 radical (unpaired) electrons. The molecule has 21 heavy (non-hydrogen) atoms. The fraction of sp³-hybridized carbons (Fsp3) is 0.688. The first-order valence-electron chi connectivity index (χ1n) is 8.02. The van der Waals surface area contributed by atoms with Crippen LogP contribution in [0.15, 0.2) is 16.7 Å². The minimum absolute atomic E-state index is 0.0494. The lowest BCUT2D eigenvalue weighted by Crippen LogP contribution is -2.47. The van der Waals surface area contributed by atoms with Crippen molar-refractivity contribution in [3.8, 4) is 0 Å². The number of hydrogen-bond donors (Lipinski definition) is 1. The first kappa shape index (κ1) is 15.3. The van der Waals surface area contributed by atoms with Gasteiger partial charge in [-0.2, -0.15) is 0 Å². The van der Waals surface area contributed by atoms with E-state index in [0.717, 1.165) is 35.0 Å². The van der Waals surface area contributed by atoms with Crippen LogP contribution in [0.1, 0.15) is 37.7 Å². The lowest BCUT2D eigenvalue weighted by atomic mass is 9.99. The standard InChI is InChI=1S/C16H24BrN3O/c17-14-10-13(12-21)16(18-11-14)20-8-4-15(5-9-20)19-6-2-1-3-7-19/h10-11,15,21H,1-9,12H2. The summed E-state index contributed by atoms with van der Waals surface area (Å²) in [5, 5.41) is 9.53. The number of likely N-dealkylation sites (tertiary alicyclic amines) is 1. The lowest BCUT2D eigenvalue weighted by Gasteiger charge is -2.40. The maximum Gasteiger partial charge on any atom is 0.134 e. The van der Waals surface area contributed by atoms with Gasteiger partial charge in [0.05, 0.1) is 6.61 Å². The van der Waals surface area contributed by atoms with E-state index in [2.05, 4.69) is 30.7 Å². The second-order valence-corrected chi connectivity index (χ2v) is 7.02. The van der Waals surface area contributed by atoms with Crippen molar-refractivity contribution in [2.75, 3.05) is 31.1 Å². The SMILES string of the molecule is OCc1cc(Br)cnc1N1CCC(N2CCCCC2)CC1. The van der Waals surface area contributed by atoms with Crippen LogP contribution in [0.5, 0.6) is 0 Å². The molecule has 0 unspecified atom stereocenters. The van der Waals surface area contributed by atoms with Crippen molar-refractivity contribution in [3.05, 3.63) is 22.3 Å². The zero-order valence-electron chi connectivity index (χ0n) is 12.5. The van der Waals surface area contributed by atoms with Gasteiger partial charge in [-0.25, -0.2) is 4.98 Å². The highest BCUT2D eigenvalue weighted by atomic mass is 79.9. The van der Waals surface area contributed by atoms with Gasteiger partial charge < -0.3 is 14.9 Å². The van der Waals surface area contributed by atoms with E-state index < -0.39 is 0 Å². The van der Waals surface area contributed by atoms with Gasteiger partial charge in [-0.1, -0.05) is 6.42 Å². The fourth-order valence-corrected chi connectivity index (χ4v) is 3.98. The molecule has 2 fully saturated rings. The van der Waals surface area contributed by atoms with E-state index in [1.165, 1.54) is 45.2 Å². The quantitative estimate of drug-likeness (QED) is 0.906. The Morgan fingerprint density at radius 2 is 1.86 bits per heavy atom. The molecule has 116 valence electrons. The van der Waals surface area contributed by atoms with Gasteiger partial charge in [-0.05, 0) is 60.8 Å². The van der Waals surface area contributed by atoms with Crippen LogP contribution >= 0.6 is 15.9 Å². The molecule has 0 aliphatic carbocycles. The van der Waals surface area contributed by atoms with Crippen LogP contribution in [0.4, 0.5) is 5.82 Å². The van der Waals surface area contributed by atoms with Gasteiger partial charge in [-0.3, -0.25) is 0 Å². The highest BCUT2D eigenvalue weighted by Gasteiger charge is 2.26. The van der Waals surface area contributed by atoms with Crippen LogP contribution in [-0.2, 0) is 6.61 Å². The second-order valence-electron chi connectivity index (χ2n) is 6.11. The van der Waals surface area contributed by atoms with Crippen molar-refractivity contribution in [2.24, 2.45) is 0 Å². The molecule has 1 N–H and O–H groups in total. The third-order valence-corrected chi connectivity index (χ3v) is 5.18. The summed E-state index contributed by atoms with van der Waals surface area (Å²) in [5.41, 5.74) is 0.917. The van der Waals surface area contributed by atoms with Crippen LogP contribution in [-0.4, -0.2) is 47.2 Å². The van der Waals surface area contributed by atoms with Gasteiger partial charge in [0.2, 0.25) is 0 Å². The number of pyridine rings is 1. The molecule has 3 heterocycles. The van der Waals surface area contributed by atoms with E-state index in [9.17, 15) is 5.11 Å². The van der Waals surface area contributed by atoms with Crippen LogP contribution in [0.25, 0.3) is 0 Å². The van der Waals surface area contributed by atoms with Gasteiger partial charge in [0.15, 0.2) is 0 Å². The van der Waals surface area contributed by atoms with Crippen molar-refractivity contribution in [3.63, 3.8) is 0 Å². The van der Waals surface area contributed by atoms with E-state index in [1.807, 2.05) is 12.3 Å². The number of rotatable bonds is 3. The summed E-state index contributed by atoms with van der Waals surface area (Å²) >= 11 is 3.42. The third kappa shape index (κ3) is 3.58. The Labute approximate surface area is 135 Å². The monoisotopic (exact) mass is 353 g/mol. The molecule has 4 nitrogen and oxygen atoms in total. The molecule has 5 heteroatoms. The molecule has 1 aromatic heterocycles. The topological polar surface area (TPSA) is 39.6 Å². The van der Waals surface area contributed by atoms with E-state index in [1.54, 1.807) is 0 Å².